The highest BCUT2D eigenvalue weighted by Gasteiger charge is 2.32. The molecular formula is C21H28F2N2O3. The van der Waals surface area contributed by atoms with Crippen molar-refractivity contribution in [2.24, 2.45) is 5.92 Å². The molecule has 1 aromatic rings. The molecule has 2 atom stereocenters. The molecule has 0 spiro atoms. The Labute approximate surface area is 164 Å². The van der Waals surface area contributed by atoms with Gasteiger partial charge in [0.1, 0.15) is 0 Å². The molecule has 154 valence electrons. The minimum absolute atomic E-state index is 0.0335. The normalized spacial score (nSPS) is 24.1. The van der Waals surface area contributed by atoms with E-state index in [0.29, 0.717) is 31.7 Å². The fourth-order valence-corrected chi connectivity index (χ4v) is 4.20. The van der Waals surface area contributed by atoms with Crippen LogP contribution >= 0.6 is 0 Å². The summed E-state index contributed by atoms with van der Waals surface area (Å²) in [6.45, 7) is 4.68. The zero-order chi connectivity index (χ0) is 20.1. The molecule has 5 nitrogen and oxygen atoms in total. The first-order chi connectivity index (χ1) is 13.5. The smallest absolute Gasteiger partial charge is 0.310 e. The highest BCUT2D eigenvalue weighted by Crippen LogP contribution is 2.26. The van der Waals surface area contributed by atoms with Gasteiger partial charge in [-0.05, 0) is 56.8 Å². The highest BCUT2D eigenvalue weighted by atomic mass is 19.2. The van der Waals surface area contributed by atoms with Crippen LogP contribution in [0.2, 0.25) is 0 Å². The van der Waals surface area contributed by atoms with Crippen LogP contribution in [0.5, 0.6) is 0 Å². The fourth-order valence-electron chi connectivity index (χ4n) is 4.20. The summed E-state index contributed by atoms with van der Waals surface area (Å²) in [5, 5.41) is 0. The maximum atomic E-state index is 13.4. The van der Waals surface area contributed by atoms with Crippen LogP contribution in [0.15, 0.2) is 18.2 Å². The van der Waals surface area contributed by atoms with Gasteiger partial charge in [0.2, 0.25) is 5.91 Å². The van der Waals surface area contributed by atoms with Crippen molar-refractivity contribution < 1.29 is 23.1 Å². The summed E-state index contributed by atoms with van der Waals surface area (Å²) in [6.07, 6.45) is 3.79. The quantitative estimate of drug-likeness (QED) is 0.720. The number of nitrogens with zero attached hydrogens (tertiary/aromatic N) is 2. The van der Waals surface area contributed by atoms with Crippen molar-refractivity contribution >= 4 is 11.9 Å². The lowest BCUT2D eigenvalue weighted by Gasteiger charge is -2.37. The lowest BCUT2D eigenvalue weighted by molar-refractivity contribution is -0.150. The van der Waals surface area contributed by atoms with Crippen LogP contribution in [-0.2, 0) is 20.9 Å². The Kier molecular flexibility index (Phi) is 6.99. The summed E-state index contributed by atoms with van der Waals surface area (Å²) in [4.78, 5) is 28.6. The van der Waals surface area contributed by atoms with Gasteiger partial charge in [-0.25, -0.2) is 8.78 Å². The minimum atomic E-state index is -0.893. The van der Waals surface area contributed by atoms with Crippen LogP contribution in [0.1, 0.15) is 44.6 Å². The van der Waals surface area contributed by atoms with Crippen molar-refractivity contribution in [1.29, 1.82) is 0 Å². The number of esters is 1. The number of ether oxygens (including phenoxy) is 1. The van der Waals surface area contributed by atoms with Gasteiger partial charge in [-0.2, -0.15) is 0 Å². The summed E-state index contributed by atoms with van der Waals surface area (Å²) >= 11 is 0. The molecule has 28 heavy (non-hydrogen) atoms. The van der Waals surface area contributed by atoms with E-state index in [1.54, 1.807) is 4.90 Å². The number of carbonyl (C=O) groups is 2. The Hall–Kier alpha value is -2.02. The van der Waals surface area contributed by atoms with E-state index in [4.69, 9.17) is 4.74 Å². The number of hydrogen-bond acceptors (Lipinski definition) is 4. The second kappa shape index (κ2) is 9.45. The zero-order valence-corrected chi connectivity index (χ0v) is 16.3. The Morgan fingerprint density at radius 2 is 2.00 bits per heavy atom. The summed E-state index contributed by atoms with van der Waals surface area (Å²) in [7, 11) is 0. The molecule has 0 N–H and O–H groups in total. The van der Waals surface area contributed by atoms with E-state index in [2.05, 4.69) is 4.90 Å². The summed E-state index contributed by atoms with van der Waals surface area (Å²) in [5.74, 6) is -1.96. The molecule has 7 heteroatoms. The van der Waals surface area contributed by atoms with Gasteiger partial charge < -0.3 is 9.64 Å². The second-order valence-electron chi connectivity index (χ2n) is 7.63. The van der Waals surface area contributed by atoms with Gasteiger partial charge in [-0.3, -0.25) is 14.5 Å². The van der Waals surface area contributed by atoms with Gasteiger partial charge in [0.25, 0.3) is 0 Å². The van der Waals surface area contributed by atoms with E-state index in [1.165, 1.54) is 6.07 Å². The molecule has 0 saturated carbocycles. The van der Waals surface area contributed by atoms with E-state index in [-0.39, 0.29) is 30.4 Å². The topological polar surface area (TPSA) is 49.9 Å². The Morgan fingerprint density at radius 3 is 2.75 bits per heavy atom. The maximum absolute atomic E-state index is 13.4. The molecule has 2 saturated heterocycles. The Morgan fingerprint density at radius 1 is 1.18 bits per heavy atom. The first-order valence-electron chi connectivity index (χ1n) is 10.1. The first kappa shape index (κ1) is 20.7. The van der Waals surface area contributed by atoms with Gasteiger partial charge in [-0.1, -0.05) is 6.07 Å². The summed E-state index contributed by atoms with van der Waals surface area (Å²) in [6, 6.07) is 4.01. The molecule has 1 amide bonds. The molecule has 2 aliphatic heterocycles. The number of rotatable bonds is 5. The zero-order valence-electron chi connectivity index (χ0n) is 16.3. The predicted octanol–water partition coefficient (Wildman–Crippen LogP) is 3.12. The third kappa shape index (κ3) is 5.07. The molecule has 2 unspecified atom stereocenters. The number of piperidine rings is 1. The monoisotopic (exact) mass is 394 g/mol. The number of amides is 1. The van der Waals surface area contributed by atoms with E-state index in [1.807, 2.05) is 6.92 Å². The number of likely N-dealkylation sites (tertiary alicyclic amines) is 2. The van der Waals surface area contributed by atoms with Gasteiger partial charge in [0.05, 0.1) is 12.5 Å². The van der Waals surface area contributed by atoms with E-state index in [9.17, 15) is 18.4 Å². The minimum Gasteiger partial charge on any atom is -0.466 e. The molecule has 2 aliphatic rings. The molecule has 0 bridgehead atoms. The standard InChI is InChI=1S/C21H28F2N2O3/c1-2-28-21(27)16-4-3-10-24(14-16)17-6-8-20(26)25(11-9-17)13-15-5-7-18(22)19(23)12-15/h5,7,12,16-17H,2-4,6,8-11,13-14H2,1H3. The van der Waals surface area contributed by atoms with E-state index in [0.717, 1.165) is 44.4 Å². The van der Waals surface area contributed by atoms with Crippen molar-refractivity contribution in [2.75, 3.05) is 26.2 Å². The molecular weight excluding hydrogens is 366 g/mol. The summed E-state index contributed by atoms with van der Waals surface area (Å²) < 4.78 is 31.7. The van der Waals surface area contributed by atoms with Crippen LogP contribution in [0.4, 0.5) is 8.78 Å². The lowest BCUT2D eigenvalue weighted by atomic mass is 9.95. The average molecular weight is 394 g/mol. The van der Waals surface area contributed by atoms with Crippen LogP contribution in [0.3, 0.4) is 0 Å². The molecule has 0 radical (unpaired) electrons. The van der Waals surface area contributed by atoms with Gasteiger partial charge in [0.15, 0.2) is 11.6 Å². The van der Waals surface area contributed by atoms with Crippen LogP contribution in [0.25, 0.3) is 0 Å². The molecule has 0 aromatic heterocycles. The van der Waals surface area contributed by atoms with Crippen LogP contribution < -0.4 is 0 Å². The van der Waals surface area contributed by atoms with Crippen molar-refractivity contribution in [3.05, 3.63) is 35.4 Å². The Bertz CT molecular complexity index is 713. The third-order valence-electron chi connectivity index (χ3n) is 5.72. The number of carbonyl (C=O) groups excluding carboxylic acids is 2. The molecule has 2 heterocycles. The SMILES string of the molecule is CCOC(=O)C1CCCN(C2CCC(=O)N(Cc3ccc(F)c(F)c3)CC2)C1. The van der Waals surface area contributed by atoms with E-state index < -0.39 is 11.6 Å². The first-order valence-corrected chi connectivity index (χ1v) is 10.1. The van der Waals surface area contributed by atoms with Crippen molar-refractivity contribution in [1.82, 2.24) is 9.80 Å². The highest BCUT2D eigenvalue weighted by molar-refractivity contribution is 5.76. The molecule has 2 fully saturated rings. The van der Waals surface area contributed by atoms with Crippen molar-refractivity contribution in [3.8, 4) is 0 Å². The van der Waals surface area contributed by atoms with E-state index >= 15 is 0 Å². The second-order valence-corrected chi connectivity index (χ2v) is 7.63. The molecule has 1 aromatic carbocycles. The average Bonchev–Trinajstić information content (AvgIpc) is 2.87. The van der Waals surface area contributed by atoms with Gasteiger partial charge >= 0.3 is 5.97 Å². The van der Waals surface area contributed by atoms with Gasteiger partial charge in [0, 0.05) is 32.1 Å². The largest absolute Gasteiger partial charge is 0.466 e. The number of benzene rings is 1. The maximum Gasteiger partial charge on any atom is 0.310 e. The predicted molar refractivity (Wildman–Crippen MR) is 100 cm³/mol. The summed E-state index contributed by atoms with van der Waals surface area (Å²) in [5.41, 5.74) is 0.589. The fraction of sp³-hybridized carbons (Fsp3) is 0.619. The van der Waals surface area contributed by atoms with Crippen molar-refractivity contribution in [2.45, 2.75) is 51.6 Å². The number of halogens is 2. The van der Waals surface area contributed by atoms with Crippen molar-refractivity contribution in [3.63, 3.8) is 0 Å². The Balaban J connectivity index is 1.59. The van der Waals surface area contributed by atoms with Gasteiger partial charge in [-0.15, -0.1) is 0 Å². The van der Waals surface area contributed by atoms with Crippen LogP contribution in [-0.4, -0.2) is 54.0 Å². The number of hydrogen-bond donors (Lipinski definition) is 0. The lowest BCUT2D eigenvalue weighted by Crippen LogP contribution is -2.45. The molecule has 3 rings (SSSR count). The third-order valence-corrected chi connectivity index (χ3v) is 5.72. The van der Waals surface area contributed by atoms with Crippen LogP contribution in [0, 0.1) is 17.6 Å². The molecule has 0 aliphatic carbocycles.